The Morgan fingerprint density at radius 2 is 1.61 bits per heavy atom. The average molecular weight is 342 g/mol. The minimum absolute atomic E-state index is 0.00542. The van der Waals surface area contributed by atoms with Gasteiger partial charge in [0, 0.05) is 5.56 Å². The lowest BCUT2D eigenvalue weighted by molar-refractivity contribution is -0.139. The second-order valence-electron chi connectivity index (χ2n) is 4.13. The van der Waals surface area contributed by atoms with Crippen molar-refractivity contribution in [2.45, 2.75) is 0 Å². The number of benzene rings is 1. The zero-order chi connectivity index (χ0) is 17.4. The maximum absolute atomic E-state index is 12.2. The minimum atomic E-state index is -0.505. The van der Waals surface area contributed by atoms with Crippen molar-refractivity contribution in [1.29, 1.82) is 0 Å². The highest BCUT2D eigenvalue weighted by Crippen LogP contribution is 2.38. The molecule has 2 N–H and O–H groups in total. The van der Waals surface area contributed by atoms with Gasteiger partial charge in [-0.1, -0.05) is 0 Å². The summed E-state index contributed by atoms with van der Waals surface area (Å²) in [6, 6.07) is 2.97. The summed E-state index contributed by atoms with van der Waals surface area (Å²) in [6.07, 6.45) is 0. The largest absolute Gasteiger partial charge is 0.493 e. The van der Waals surface area contributed by atoms with Crippen molar-refractivity contribution >= 4 is 29.2 Å². The van der Waals surface area contributed by atoms with Gasteiger partial charge in [0.15, 0.2) is 16.6 Å². The molecule has 0 fully saturated rings. The summed E-state index contributed by atoms with van der Waals surface area (Å²) in [6.45, 7) is -0.148. The van der Waals surface area contributed by atoms with Crippen LogP contribution in [0.15, 0.2) is 12.1 Å². The summed E-state index contributed by atoms with van der Waals surface area (Å²) in [5.41, 5.74) is 0.252. The van der Waals surface area contributed by atoms with Crippen LogP contribution in [0, 0.1) is 0 Å². The number of carbonyl (C=O) groups excluding carboxylic acids is 2. The quantitative estimate of drug-likeness (QED) is 0.570. The molecule has 0 aliphatic carbocycles. The second kappa shape index (κ2) is 8.79. The van der Waals surface area contributed by atoms with Crippen LogP contribution in [0.4, 0.5) is 0 Å². The molecule has 0 aliphatic rings. The fourth-order valence-electron chi connectivity index (χ4n) is 1.66. The van der Waals surface area contributed by atoms with E-state index < -0.39 is 11.9 Å². The highest BCUT2D eigenvalue weighted by atomic mass is 32.1. The van der Waals surface area contributed by atoms with E-state index in [4.69, 9.17) is 26.4 Å². The van der Waals surface area contributed by atoms with Crippen LogP contribution in [-0.4, -0.2) is 52.0 Å². The standard InChI is InChI=1S/C14H18N2O6S/c1-19-9-5-8(6-10(20-2)12(9)22-4)13(18)16-14(23)15-7-11(17)21-3/h5-6H,7H2,1-4H3,(H2,15,16,18,23). The minimum Gasteiger partial charge on any atom is -0.493 e. The zero-order valence-electron chi connectivity index (χ0n) is 13.2. The summed E-state index contributed by atoms with van der Waals surface area (Å²) in [4.78, 5) is 23.2. The van der Waals surface area contributed by atoms with Gasteiger partial charge in [-0.05, 0) is 24.4 Å². The number of carbonyl (C=O) groups is 2. The molecule has 0 saturated carbocycles. The first-order valence-electron chi connectivity index (χ1n) is 6.42. The Morgan fingerprint density at radius 1 is 1.04 bits per heavy atom. The second-order valence-corrected chi connectivity index (χ2v) is 4.54. The van der Waals surface area contributed by atoms with Crippen molar-refractivity contribution in [3.05, 3.63) is 17.7 Å². The number of thiocarbonyl (C=S) groups is 1. The van der Waals surface area contributed by atoms with Gasteiger partial charge in [-0.2, -0.15) is 0 Å². The van der Waals surface area contributed by atoms with Crippen molar-refractivity contribution in [2.75, 3.05) is 35.0 Å². The molecule has 0 heterocycles. The van der Waals surface area contributed by atoms with Crippen LogP contribution in [0.1, 0.15) is 10.4 Å². The van der Waals surface area contributed by atoms with Gasteiger partial charge < -0.3 is 24.3 Å². The van der Waals surface area contributed by atoms with Gasteiger partial charge in [0.1, 0.15) is 6.54 Å². The molecule has 1 rings (SSSR count). The maximum Gasteiger partial charge on any atom is 0.325 e. The molecular formula is C14H18N2O6S. The summed E-state index contributed by atoms with van der Waals surface area (Å²) in [7, 11) is 5.61. The first kappa shape index (κ1) is 18.5. The number of ether oxygens (including phenoxy) is 4. The predicted molar refractivity (Wildman–Crippen MR) is 86.2 cm³/mol. The molecule has 0 bridgehead atoms. The Labute approximate surface area is 139 Å². The smallest absolute Gasteiger partial charge is 0.325 e. The van der Waals surface area contributed by atoms with Gasteiger partial charge in [0.05, 0.1) is 28.4 Å². The SMILES string of the molecule is COC(=O)CNC(=S)NC(=O)c1cc(OC)c(OC)c(OC)c1. The summed E-state index contributed by atoms with van der Waals surface area (Å²) in [5, 5.41) is 4.98. The van der Waals surface area contributed by atoms with Crippen molar-refractivity contribution < 1.29 is 28.5 Å². The molecule has 0 atom stereocenters. The molecule has 0 spiro atoms. The predicted octanol–water partition coefficient (Wildman–Crippen LogP) is 0.490. The van der Waals surface area contributed by atoms with Gasteiger partial charge in [0.25, 0.3) is 5.91 Å². The highest BCUT2D eigenvalue weighted by Gasteiger charge is 2.17. The molecule has 8 nitrogen and oxygen atoms in total. The summed E-state index contributed by atoms with van der Waals surface area (Å²) in [5.74, 6) is 0.0508. The molecule has 0 aromatic heterocycles. The molecular weight excluding hydrogens is 324 g/mol. The average Bonchev–Trinajstić information content (AvgIpc) is 2.57. The van der Waals surface area contributed by atoms with Gasteiger partial charge in [0.2, 0.25) is 5.75 Å². The Balaban J connectivity index is 2.87. The fourth-order valence-corrected chi connectivity index (χ4v) is 1.82. The van der Waals surface area contributed by atoms with Crippen LogP contribution in [0.5, 0.6) is 17.2 Å². The lowest BCUT2D eigenvalue weighted by Gasteiger charge is -2.14. The molecule has 23 heavy (non-hydrogen) atoms. The number of esters is 1. The Hall–Kier alpha value is -2.55. The highest BCUT2D eigenvalue weighted by molar-refractivity contribution is 7.80. The monoisotopic (exact) mass is 342 g/mol. The topological polar surface area (TPSA) is 95.1 Å². The number of rotatable bonds is 6. The first-order valence-corrected chi connectivity index (χ1v) is 6.83. The van der Waals surface area contributed by atoms with E-state index in [0.717, 1.165) is 0 Å². The Kier molecular flexibility index (Phi) is 7.07. The van der Waals surface area contributed by atoms with E-state index in [2.05, 4.69) is 15.4 Å². The van der Waals surface area contributed by atoms with Crippen LogP contribution in [-0.2, 0) is 9.53 Å². The number of methoxy groups -OCH3 is 4. The van der Waals surface area contributed by atoms with Crippen molar-refractivity contribution in [2.24, 2.45) is 0 Å². The number of hydrogen-bond acceptors (Lipinski definition) is 7. The fraction of sp³-hybridized carbons (Fsp3) is 0.357. The Bertz CT molecular complexity index is 580. The molecule has 1 aromatic carbocycles. The molecule has 1 aromatic rings. The third-order valence-corrected chi connectivity index (χ3v) is 3.02. The van der Waals surface area contributed by atoms with E-state index in [1.165, 1.54) is 40.6 Å². The maximum atomic E-state index is 12.2. The molecule has 0 aliphatic heterocycles. The van der Waals surface area contributed by atoms with E-state index >= 15 is 0 Å². The summed E-state index contributed by atoms with van der Waals surface area (Å²) >= 11 is 4.93. The number of nitrogens with one attached hydrogen (secondary N) is 2. The van der Waals surface area contributed by atoms with Crippen molar-refractivity contribution in [1.82, 2.24) is 10.6 Å². The summed E-state index contributed by atoms with van der Waals surface area (Å²) < 4.78 is 20.0. The van der Waals surface area contributed by atoms with E-state index in [-0.39, 0.29) is 17.2 Å². The van der Waals surface area contributed by atoms with E-state index in [0.29, 0.717) is 17.2 Å². The molecule has 1 amide bonds. The lowest BCUT2D eigenvalue weighted by atomic mass is 10.1. The third-order valence-electron chi connectivity index (χ3n) is 2.77. The van der Waals surface area contributed by atoms with Gasteiger partial charge >= 0.3 is 5.97 Å². The normalized spacial score (nSPS) is 9.57. The van der Waals surface area contributed by atoms with Gasteiger partial charge in [-0.15, -0.1) is 0 Å². The van der Waals surface area contributed by atoms with Crippen LogP contribution in [0.3, 0.4) is 0 Å². The van der Waals surface area contributed by atoms with E-state index in [1.54, 1.807) is 0 Å². The van der Waals surface area contributed by atoms with Crippen LogP contribution in [0.25, 0.3) is 0 Å². The van der Waals surface area contributed by atoms with Crippen molar-refractivity contribution in [3.8, 4) is 17.2 Å². The van der Waals surface area contributed by atoms with Gasteiger partial charge in [-0.3, -0.25) is 14.9 Å². The van der Waals surface area contributed by atoms with Crippen LogP contribution < -0.4 is 24.8 Å². The van der Waals surface area contributed by atoms with Crippen molar-refractivity contribution in [3.63, 3.8) is 0 Å². The first-order chi connectivity index (χ1) is 11.0. The molecule has 0 saturated heterocycles. The lowest BCUT2D eigenvalue weighted by Crippen LogP contribution is -2.41. The molecule has 0 radical (unpaired) electrons. The third kappa shape index (κ3) is 4.99. The molecule has 126 valence electrons. The van der Waals surface area contributed by atoms with E-state index in [9.17, 15) is 9.59 Å². The number of amides is 1. The van der Waals surface area contributed by atoms with E-state index in [1.807, 2.05) is 0 Å². The zero-order valence-corrected chi connectivity index (χ0v) is 14.0. The Morgan fingerprint density at radius 3 is 2.04 bits per heavy atom. The van der Waals surface area contributed by atoms with Crippen LogP contribution >= 0.6 is 12.2 Å². The van der Waals surface area contributed by atoms with Gasteiger partial charge in [-0.25, -0.2) is 0 Å². The molecule has 9 heteroatoms. The van der Waals surface area contributed by atoms with Crippen LogP contribution in [0.2, 0.25) is 0 Å². The number of hydrogen-bond donors (Lipinski definition) is 2. The molecule has 0 unspecified atom stereocenters.